The van der Waals surface area contributed by atoms with Gasteiger partial charge in [0, 0.05) is 0 Å². The van der Waals surface area contributed by atoms with Crippen LogP contribution in [0.4, 0.5) is 13.2 Å². The molecule has 0 heterocycles. The van der Waals surface area contributed by atoms with Crippen LogP contribution in [0.25, 0.3) is 0 Å². The third-order valence-corrected chi connectivity index (χ3v) is 1.67. The Morgan fingerprint density at radius 1 is 1.18 bits per heavy atom. The lowest BCUT2D eigenvalue weighted by Gasteiger charge is -2.10. The van der Waals surface area contributed by atoms with Gasteiger partial charge in [-0.1, -0.05) is 0 Å². The lowest BCUT2D eigenvalue weighted by atomic mass is 10.2. The first kappa shape index (κ1) is 13.3. The standard InChI is InChI=1S/C11H11F3O3/c1-7(2)16-10(15)8-3-5-9(6-4-8)17-11(12,13)14/h3-7H,1-2H3. The SMILES string of the molecule is CC(C)OC(=O)c1ccc(OC(F)(F)F)cc1. The molecule has 0 amide bonds. The van der Waals surface area contributed by atoms with Crippen molar-refractivity contribution in [2.75, 3.05) is 0 Å². The topological polar surface area (TPSA) is 35.5 Å². The van der Waals surface area contributed by atoms with Crippen molar-refractivity contribution in [2.24, 2.45) is 0 Å². The summed E-state index contributed by atoms with van der Waals surface area (Å²) in [6, 6.07) is 4.55. The number of alkyl halides is 3. The van der Waals surface area contributed by atoms with Crippen molar-refractivity contribution < 1.29 is 27.4 Å². The van der Waals surface area contributed by atoms with Gasteiger partial charge < -0.3 is 9.47 Å². The Morgan fingerprint density at radius 3 is 2.12 bits per heavy atom. The van der Waals surface area contributed by atoms with E-state index in [1.54, 1.807) is 13.8 Å². The fourth-order valence-corrected chi connectivity index (χ4v) is 1.07. The number of halogens is 3. The molecule has 0 unspecified atom stereocenters. The summed E-state index contributed by atoms with van der Waals surface area (Å²) in [5.74, 6) is -0.961. The van der Waals surface area contributed by atoms with E-state index in [9.17, 15) is 18.0 Å². The molecule has 0 radical (unpaired) electrons. The molecule has 0 saturated carbocycles. The third-order valence-electron chi connectivity index (χ3n) is 1.67. The Kier molecular flexibility index (Phi) is 3.98. The van der Waals surface area contributed by atoms with Gasteiger partial charge in [0.1, 0.15) is 5.75 Å². The molecule has 0 aliphatic heterocycles. The summed E-state index contributed by atoms with van der Waals surface area (Å²) < 4.78 is 44.1. The van der Waals surface area contributed by atoms with Crippen LogP contribution >= 0.6 is 0 Å². The number of carbonyl (C=O) groups excluding carboxylic acids is 1. The monoisotopic (exact) mass is 248 g/mol. The Hall–Kier alpha value is -1.72. The van der Waals surface area contributed by atoms with Crippen LogP contribution in [0.15, 0.2) is 24.3 Å². The van der Waals surface area contributed by atoms with E-state index in [1.165, 1.54) is 12.1 Å². The average Bonchev–Trinajstić information content (AvgIpc) is 2.15. The highest BCUT2D eigenvalue weighted by Gasteiger charge is 2.31. The summed E-state index contributed by atoms with van der Waals surface area (Å²) in [5.41, 5.74) is 0.174. The fraction of sp³-hybridized carbons (Fsp3) is 0.364. The van der Waals surface area contributed by atoms with Gasteiger partial charge >= 0.3 is 12.3 Å². The van der Waals surface area contributed by atoms with Crippen LogP contribution in [0.2, 0.25) is 0 Å². The second-order valence-corrected chi connectivity index (χ2v) is 3.53. The summed E-state index contributed by atoms with van der Waals surface area (Å²) in [6.07, 6.45) is -5.02. The molecule has 17 heavy (non-hydrogen) atoms. The number of hydrogen-bond acceptors (Lipinski definition) is 3. The highest BCUT2D eigenvalue weighted by atomic mass is 19.4. The Balaban J connectivity index is 2.71. The van der Waals surface area contributed by atoms with E-state index in [-0.39, 0.29) is 17.4 Å². The molecule has 1 aromatic rings. The number of esters is 1. The maximum absolute atomic E-state index is 11.9. The van der Waals surface area contributed by atoms with Crippen LogP contribution in [0.3, 0.4) is 0 Å². The number of benzene rings is 1. The van der Waals surface area contributed by atoms with E-state index in [2.05, 4.69) is 4.74 Å². The molecular formula is C11H11F3O3. The minimum Gasteiger partial charge on any atom is -0.459 e. The molecule has 1 aromatic carbocycles. The second kappa shape index (κ2) is 5.07. The molecule has 0 bridgehead atoms. The Labute approximate surface area is 96.1 Å². The van der Waals surface area contributed by atoms with Crippen LogP contribution in [0.1, 0.15) is 24.2 Å². The maximum atomic E-state index is 11.9. The van der Waals surface area contributed by atoms with Gasteiger partial charge in [0.15, 0.2) is 0 Å². The van der Waals surface area contributed by atoms with Gasteiger partial charge in [0.2, 0.25) is 0 Å². The van der Waals surface area contributed by atoms with Crippen LogP contribution in [0.5, 0.6) is 5.75 Å². The van der Waals surface area contributed by atoms with E-state index in [4.69, 9.17) is 4.74 Å². The van der Waals surface area contributed by atoms with Crippen molar-refractivity contribution in [3.63, 3.8) is 0 Å². The molecular weight excluding hydrogens is 237 g/mol. The molecule has 0 N–H and O–H groups in total. The Morgan fingerprint density at radius 2 is 1.71 bits per heavy atom. The van der Waals surface area contributed by atoms with E-state index >= 15 is 0 Å². The van der Waals surface area contributed by atoms with Gasteiger partial charge in [-0.2, -0.15) is 0 Å². The Bertz CT molecular complexity index is 382. The number of rotatable bonds is 3. The van der Waals surface area contributed by atoms with E-state index in [1.807, 2.05) is 0 Å². The van der Waals surface area contributed by atoms with Crippen LogP contribution in [-0.4, -0.2) is 18.4 Å². The number of hydrogen-bond donors (Lipinski definition) is 0. The zero-order valence-electron chi connectivity index (χ0n) is 9.25. The van der Waals surface area contributed by atoms with E-state index in [0.29, 0.717) is 0 Å². The van der Waals surface area contributed by atoms with Gasteiger partial charge in [-0.05, 0) is 38.1 Å². The molecule has 0 spiro atoms. The maximum Gasteiger partial charge on any atom is 0.573 e. The molecule has 0 atom stereocenters. The molecule has 1 rings (SSSR count). The average molecular weight is 248 g/mol. The van der Waals surface area contributed by atoms with Gasteiger partial charge in [-0.3, -0.25) is 0 Å². The quantitative estimate of drug-likeness (QED) is 0.771. The smallest absolute Gasteiger partial charge is 0.459 e. The van der Waals surface area contributed by atoms with Gasteiger partial charge in [0.25, 0.3) is 0 Å². The first-order valence-electron chi connectivity index (χ1n) is 4.85. The first-order chi connectivity index (χ1) is 7.78. The van der Waals surface area contributed by atoms with E-state index < -0.39 is 12.3 Å². The predicted molar refractivity (Wildman–Crippen MR) is 53.7 cm³/mol. The van der Waals surface area contributed by atoms with Crippen molar-refractivity contribution in [3.05, 3.63) is 29.8 Å². The van der Waals surface area contributed by atoms with Crippen molar-refractivity contribution in [2.45, 2.75) is 26.3 Å². The van der Waals surface area contributed by atoms with Crippen molar-refractivity contribution in [1.82, 2.24) is 0 Å². The summed E-state index contributed by atoms with van der Waals surface area (Å²) >= 11 is 0. The van der Waals surface area contributed by atoms with Crippen molar-refractivity contribution in [1.29, 1.82) is 0 Å². The van der Waals surface area contributed by atoms with Crippen LogP contribution in [-0.2, 0) is 4.74 Å². The number of ether oxygens (including phenoxy) is 2. The van der Waals surface area contributed by atoms with Crippen molar-refractivity contribution >= 4 is 5.97 Å². The first-order valence-corrected chi connectivity index (χ1v) is 4.85. The molecule has 0 saturated heterocycles. The highest BCUT2D eigenvalue weighted by molar-refractivity contribution is 5.89. The largest absolute Gasteiger partial charge is 0.573 e. The normalized spacial score (nSPS) is 11.4. The summed E-state index contributed by atoms with van der Waals surface area (Å²) in [5, 5.41) is 0. The third kappa shape index (κ3) is 4.76. The molecule has 0 aromatic heterocycles. The molecule has 94 valence electrons. The minimum absolute atomic E-state index is 0.174. The zero-order chi connectivity index (χ0) is 13.1. The van der Waals surface area contributed by atoms with Gasteiger partial charge in [-0.15, -0.1) is 13.2 Å². The summed E-state index contributed by atoms with van der Waals surface area (Å²) in [7, 11) is 0. The van der Waals surface area contributed by atoms with Gasteiger partial charge in [-0.25, -0.2) is 4.79 Å². The molecule has 0 aliphatic carbocycles. The minimum atomic E-state index is -4.74. The molecule has 0 aliphatic rings. The lowest BCUT2D eigenvalue weighted by molar-refractivity contribution is -0.274. The van der Waals surface area contributed by atoms with Crippen LogP contribution in [0, 0.1) is 0 Å². The number of carbonyl (C=O) groups is 1. The van der Waals surface area contributed by atoms with E-state index in [0.717, 1.165) is 12.1 Å². The van der Waals surface area contributed by atoms with Crippen LogP contribution < -0.4 is 4.74 Å². The molecule has 6 heteroatoms. The highest BCUT2D eigenvalue weighted by Crippen LogP contribution is 2.22. The predicted octanol–water partition coefficient (Wildman–Crippen LogP) is 3.15. The zero-order valence-corrected chi connectivity index (χ0v) is 9.25. The van der Waals surface area contributed by atoms with Gasteiger partial charge in [0.05, 0.1) is 11.7 Å². The molecule has 3 nitrogen and oxygen atoms in total. The summed E-state index contributed by atoms with van der Waals surface area (Å²) in [4.78, 5) is 11.4. The van der Waals surface area contributed by atoms with Crippen molar-refractivity contribution in [3.8, 4) is 5.75 Å². The molecule has 0 fully saturated rings. The second-order valence-electron chi connectivity index (χ2n) is 3.53. The lowest BCUT2D eigenvalue weighted by Crippen LogP contribution is -2.17. The summed E-state index contributed by atoms with van der Waals surface area (Å²) in [6.45, 7) is 3.36. The fourth-order valence-electron chi connectivity index (χ4n) is 1.07.